The third-order valence-electron chi connectivity index (χ3n) is 2.70. The molecule has 2 heteroatoms. The van der Waals surface area contributed by atoms with Gasteiger partial charge in [0.05, 0.1) is 0 Å². The molecule has 1 heterocycles. The molecule has 1 nitrogen and oxygen atoms in total. The molecule has 16 heavy (non-hydrogen) atoms. The molecule has 0 bridgehead atoms. The molecule has 0 amide bonds. The molecule has 0 spiro atoms. The SMILES string of the molecule is Cc1ccc(CN[C@@H](C)c2cccs2)cc1. The molecular formula is C14H17NS. The Morgan fingerprint density at radius 2 is 1.94 bits per heavy atom. The summed E-state index contributed by atoms with van der Waals surface area (Å²) in [5.74, 6) is 0. The molecule has 0 saturated carbocycles. The maximum Gasteiger partial charge on any atom is 0.0388 e. The average Bonchev–Trinajstić information content (AvgIpc) is 2.81. The minimum atomic E-state index is 0.432. The van der Waals surface area contributed by atoms with Crippen molar-refractivity contribution in [2.75, 3.05) is 0 Å². The Kier molecular flexibility index (Phi) is 3.75. The van der Waals surface area contributed by atoms with Gasteiger partial charge < -0.3 is 5.32 Å². The number of thiophene rings is 1. The molecule has 0 aliphatic rings. The smallest absolute Gasteiger partial charge is 0.0388 e. The van der Waals surface area contributed by atoms with Crippen LogP contribution in [0.2, 0.25) is 0 Å². The van der Waals surface area contributed by atoms with Gasteiger partial charge in [-0.05, 0) is 30.9 Å². The van der Waals surface area contributed by atoms with Crippen molar-refractivity contribution in [1.82, 2.24) is 5.32 Å². The first kappa shape index (κ1) is 11.4. The molecule has 0 radical (unpaired) electrons. The van der Waals surface area contributed by atoms with Gasteiger partial charge in [-0.25, -0.2) is 0 Å². The highest BCUT2D eigenvalue weighted by Gasteiger charge is 2.04. The Bertz CT molecular complexity index is 417. The van der Waals surface area contributed by atoms with Gasteiger partial charge in [-0.2, -0.15) is 0 Å². The van der Waals surface area contributed by atoms with E-state index in [4.69, 9.17) is 0 Å². The van der Waals surface area contributed by atoms with Gasteiger partial charge >= 0.3 is 0 Å². The standard InChI is InChI=1S/C14H17NS/c1-11-5-7-13(8-6-11)10-15-12(2)14-4-3-9-16-14/h3-9,12,15H,10H2,1-2H3/t12-/m0/s1. The summed E-state index contributed by atoms with van der Waals surface area (Å²) >= 11 is 1.81. The Balaban J connectivity index is 1.90. The Morgan fingerprint density at radius 3 is 2.56 bits per heavy atom. The number of nitrogens with one attached hydrogen (secondary N) is 1. The minimum absolute atomic E-state index is 0.432. The van der Waals surface area contributed by atoms with E-state index in [1.165, 1.54) is 16.0 Å². The topological polar surface area (TPSA) is 12.0 Å². The van der Waals surface area contributed by atoms with Crippen LogP contribution in [0.15, 0.2) is 41.8 Å². The lowest BCUT2D eigenvalue weighted by molar-refractivity contribution is 0.583. The van der Waals surface area contributed by atoms with E-state index >= 15 is 0 Å². The predicted molar refractivity (Wildman–Crippen MR) is 70.8 cm³/mol. The van der Waals surface area contributed by atoms with Crippen molar-refractivity contribution < 1.29 is 0 Å². The lowest BCUT2D eigenvalue weighted by Crippen LogP contribution is -2.16. The lowest BCUT2D eigenvalue weighted by atomic mass is 10.1. The van der Waals surface area contributed by atoms with Crippen molar-refractivity contribution >= 4 is 11.3 Å². The lowest BCUT2D eigenvalue weighted by Gasteiger charge is -2.12. The van der Waals surface area contributed by atoms with Crippen LogP contribution in [0.4, 0.5) is 0 Å². The molecule has 1 aromatic heterocycles. The molecule has 1 aromatic carbocycles. The van der Waals surface area contributed by atoms with E-state index in [2.05, 4.69) is 60.9 Å². The van der Waals surface area contributed by atoms with Crippen LogP contribution in [0.3, 0.4) is 0 Å². The van der Waals surface area contributed by atoms with E-state index in [1.807, 2.05) is 0 Å². The first-order chi connectivity index (χ1) is 7.75. The highest BCUT2D eigenvalue weighted by Crippen LogP contribution is 2.18. The Morgan fingerprint density at radius 1 is 1.19 bits per heavy atom. The third-order valence-corrected chi connectivity index (χ3v) is 3.76. The molecule has 0 unspecified atom stereocenters. The minimum Gasteiger partial charge on any atom is -0.305 e. The van der Waals surface area contributed by atoms with Gasteiger partial charge in [-0.15, -0.1) is 11.3 Å². The summed E-state index contributed by atoms with van der Waals surface area (Å²) in [4.78, 5) is 1.40. The highest BCUT2D eigenvalue weighted by molar-refractivity contribution is 7.10. The molecule has 0 aliphatic carbocycles. The van der Waals surface area contributed by atoms with Gasteiger partial charge in [-0.3, -0.25) is 0 Å². The van der Waals surface area contributed by atoms with Crippen LogP contribution >= 0.6 is 11.3 Å². The summed E-state index contributed by atoms with van der Waals surface area (Å²) in [7, 11) is 0. The van der Waals surface area contributed by atoms with Crippen LogP contribution in [0.5, 0.6) is 0 Å². The normalized spacial score (nSPS) is 12.6. The monoisotopic (exact) mass is 231 g/mol. The largest absolute Gasteiger partial charge is 0.305 e. The zero-order valence-corrected chi connectivity index (χ0v) is 10.6. The summed E-state index contributed by atoms with van der Waals surface area (Å²) in [5, 5.41) is 5.66. The number of benzene rings is 1. The first-order valence-corrected chi connectivity index (χ1v) is 6.46. The number of hydrogen-bond acceptors (Lipinski definition) is 2. The van der Waals surface area contributed by atoms with Crippen molar-refractivity contribution in [2.45, 2.75) is 26.4 Å². The molecule has 0 aliphatic heterocycles. The maximum atomic E-state index is 3.53. The van der Waals surface area contributed by atoms with Gasteiger partial charge in [-0.1, -0.05) is 35.9 Å². The van der Waals surface area contributed by atoms with Crippen molar-refractivity contribution in [3.63, 3.8) is 0 Å². The molecule has 84 valence electrons. The summed E-state index contributed by atoms with van der Waals surface area (Å²) in [6, 6.07) is 13.4. The quantitative estimate of drug-likeness (QED) is 0.841. The van der Waals surface area contributed by atoms with E-state index in [0.29, 0.717) is 6.04 Å². The molecular weight excluding hydrogens is 214 g/mol. The average molecular weight is 231 g/mol. The maximum absolute atomic E-state index is 3.53. The zero-order valence-electron chi connectivity index (χ0n) is 9.73. The number of rotatable bonds is 4. The molecule has 1 atom stereocenters. The van der Waals surface area contributed by atoms with Crippen molar-refractivity contribution in [3.8, 4) is 0 Å². The first-order valence-electron chi connectivity index (χ1n) is 5.58. The van der Waals surface area contributed by atoms with Crippen LogP contribution < -0.4 is 5.32 Å². The van der Waals surface area contributed by atoms with Crippen LogP contribution in [0.1, 0.15) is 29.0 Å². The van der Waals surface area contributed by atoms with Gasteiger partial charge in [0.1, 0.15) is 0 Å². The summed E-state index contributed by atoms with van der Waals surface area (Å²) < 4.78 is 0. The number of aryl methyl sites for hydroxylation is 1. The number of hydrogen-bond donors (Lipinski definition) is 1. The summed E-state index contributed by atoms with van der Waals surface area (Å²) in [6.45, 7) is 5.25. The molecule has 1 N–H and O–H groups in total. The van der Waals surface area contributed by atoms with Crippen LogP contribution in [-0.4, -0.2) is 0 Å². The zero-order chi connectivity index (χ0) is 11.4. The third kappa shape index (κ3) is 2.94. The second-order valence-electron chi connectivity index (χ2n) is 4.10. The fraction of sp³-hybridized carbons (Fsp3) is 0.286. The summed E-state index contributed by atoms with van der Waals surface area (Å²) in [5.41, 5.74) is 2.66. The molecule has 2 aromatic rings. The highest BCUT2D eigenvalue weighted by atomic mass is 32.1. The van der Waals surface area contributed by atoms with Crippen molar-refractivity contribution in [2.24, 2.45) is 0 Å². The van der Waals surface area contributed by atoms with E-state index < -0.39 is 0 Å². The van der Waals surface area contributed by atoms with Crippen LogP contribution in [0.25, 0.3) is 0 Å². The van der Waals surface area contributed by atoms with E-state index in [0.717, 1.165) is 6.54 Å². The van der Waals surface area contributed by atoms with Gasteiger partial charge in [0.25, 0.3) is 0 Å². The predicted octanol–water partition coefficient (Wildman–Crippen LogP) is 3.91. The van der Waals surface area contributed by atoms with E-state index in [-0.39, 0.29) is 0 Å². The van der Waals surface area contributed by atoms with Crippen LogP contribution in [-0.2, 0) is 6.54 Å². The van der Waals surface area contributed by atoms with Gasteiger partial charge in [0.2, 0.25) is 0 Å². The van der Waals surface area contributed by atoms with Crippen LogP contribution in [0, 0.1) is 6.92 Å². The molecule has 0 fully saturated rings. The second-order valence-corrected chi connectivity index (χ2v) is 5.08. The Hall–Kier alpha value is -1.12. The Labute approximate surface area is 101 Å². The van der Waals surface area contributed by atoms with Crippen molar-refractivity contribution in [1.29, 1.82) is 0 Å². The van der Waals surface area contributed by atoms with Gasteiger partial charge in [0, 0.05) is 17.5 Å². The second kappa shape index (κ2) is 5.28. The van der Waals surface area contributed by atoms with Gasteiger partial charge in [0.15, 0.2) is 0 Å². The fourth-order valence-electron chi connectivity index (χ4n) is 1.62. The summed E-state index contributed by atoms with van der Waals surface area (Å²) in [6.07, 6.45) is 0. The van der Waals surface area contributed by atoms with Crippen molar-refractivity contribution in [3.05, 3.63) is 57.8 Å². The fourth-order valence-corrected chi connectivity index (χ4v) is 2.37. The van der Waals surface area contributed by atoms with E-state index in [9.17, 15) is 0 Å². The molecule has 0 saturated heterocycles. The molecule has 2 rings (SSSR count). The van der Waals surface area contributed by atoms with E-state index in [1.54, 1.807) is 11.3 Å².